The summed E-state index contributed by atoms with van der Waals surface area (Å²) in [6.45, 7) is 8.01. The highest BCUT2D eigenvalue weighted by Crippen LogP contribution is 2.49. The molecule has 3 saturated heterocycles. The zero-order chi connectivity index (χ0) is 16.9. The first-order chi connectivity index (χ1) is 10.8. The predicted molar refractivity (Wildman–Crippen MR) is 80.4 cm³/mol. The minimum absolute atomic E-state index is 0.106. The van der Waals surface area contributed by atoms with Crippen LogP contribution in [0.3, 0.4) is 0 Å². The average Bonchev–Trinajstić information content (AvgIpc) is 2.90. The summed E-state index contributed by atoms with van der Waals surface area (Å²) in [6.07, 6.45) is 0.894. The first-order valence-electron chi connectivity index (χ1n) is 7.83. The molecule has 5 atom stereocenters. The lowest BCUT2D eigenvalue weighted by Crippen LogP contribution is -2.60. The normalized spacial score (nSPS) is 39.3. The number of ether oxygens (including phenoxy) is 2. The van der Waals surface area contributed by atoms with Crippen molar-refractivity contribution in [3.63, 3.8) is 0 Å². The number of carbonyl (C=O) groups excluding carboxylic acids is 3. The molecule has 3 rings (SSSR count). The Morgan fingerprint density at radius 1 is 1.48 bits per heavy atom. The highest BCUT2D eigenvalue weighted by Gasteiger charge is 2.66. The van der Waals surface area contributed by atoms with Crippen LogP contribution >= 0.6 is 0 Å². The number of likely N-dealkylation sites (tertiary alicyclic amines) is 2. The fraction of sp³-hybridized carbons (Fsp3) is 0.688. The number of hydrogen-bond acceptors (Lipinski definition) is 5. The monoisotopic (exact) mass is 322 g/mol. The van der Waals surface area contributed by atoms with Gasteiger partial charge in [-0.05, 0) is 19.3 Å². The van der Waals surface area contributed by atoms with E-state index in [4.69, 9.17) is 9.47 Å². The van der Waals surface area contributed by atoms with Crippen LogP contribution in [0.15, 0.2) is 12.7 Å². The average molecular weight is 322 g/mol. The number of hydrogen-bond donors (Lipinski definition) is 0. The number of piperidine rings is 1. The van der Waals surface area contributed by atoms with Gasteiger partial charge in [-0.15, -0.1) is 0 Å². The lowest BCUT2D eigenvalue weighted by molar-refractivity contribution is -0.150. The number of imide groups is 1. The molecule has 7 nitrogen and oxygen atoms in total. The Kier molecular flexibility index (Phi) is 3.71. The fourth-order valence-electron chi connectivity index (χ4n) is 4.27. The van der Waals surface area contributed by atoms with E-state index in [2.05, 4.69) is 6.58 Å². The van der Waals surface area contributed by atoms with Gasteiger partial charge in [-0.2, -0.15) is 0 Å². The standard InChI is InChI=1S/C16H22N2O5/c1-5-6-22-15(21)18-8-9(2)7-16(3)12(18)10-11(23-16)14(20)17(4)13(10)19/h5,9-12H,1,6-8H2,2-4H3/t9-,10+,11+,12+,16+/m1/s1. The molecule has 3 aliphatic rings. The van der Waals surface area contributed by atoms with Crippen LogP contribution in [0.25, 0.3) is 0 Å². The summed E-state index contributed by atoms with van der Waals surface area (Å²) in [5.41, 5.74) is -0.715. The zero-order valence-electron chi connectivity index (χ0n) is 13.7. The van der Waals surface area contributed by atoms with E-state index in [9.17, 15) is 14.4 Å². The Labute approximate surface area is 135 Å². The van der Waals surface area contributed by atoms with Crippen LogP contribution in [-0.4, -0.2) is 65.7 Å². The van der Waals surface area contributed by atoms with Gasteiger partial charge in [0.1, 0.15) is 6.61 Å². The quantitative estimate of drug-likeness (QED) is 0.555. The van der Waals surface area contributed by atoms with Gasteiger partial charge in [-0.1, -0.05) is 19.6 Å². The SMILES string of the molecule is C=CCOC(=O)N1C[C@H](C)C[C@]2(C)O[C@@H]3C(=O)N(C)C(=O)[C@@H]3[C@H]12. The molecule has 0 unspecified atom stereocenters. The molecule has 126 valence electrons. The molecule has 0 spiro atoms. The molecule has 0 aromatic rings. The van der Waals surface area contributed by atoms with Crippen LogP contribution in [-0.2, 0) is 19.1 Å². The Hall–Kier alpha value is -1.89. The first-order valence-corrected chi connectivity index (χ1v) is 7.83. The van der Waals surface area contributed by atoms with Crippen molar-refractivity contribution in [3.05, 3.63) is 12.7 Å². The molecule has 0 bridgehead atoms. The number of carbonyl (C=O) groups is 3. The highest BCUT2D eigenvalue weighted by molar-refractivity contribution is 6.07. The summed E-state index contributed by atoms with van der Waals surface area (Å²) in [5, 5.41) is 0. The van der Waals surface area contributed by atoms with Gasteiger partial charge >= 0.3 is 6.09 Å². The summed E-state index contributed by atoms with van der Waals surface area (Å²) in [7, 11) is 1.45. The minimum atomic E-state index is -0.803. The van der Waals surface area contributed by atoms with Gasteiger partial charge in [-0.25, -0.2) is 4.79 Å². The van der Waals surface area contributed by atoms with Crippen LogP contribution < -0.4 is 0 Å². The Bertz CT molecular complexity index is 577. The van der Waals surface area contributed by atoms with Crippen LogP contribution in [0.5, 0.6) is 0 Å². The maximum atomic E-state index is 12.5. The molecule has 0 N–H and O–H groups in total. The van der Waals surface area contributed by atoms with E-state index in [1.165, 1.54) is 13.1 Å². The van der Waals surface area contributed by atoms with Gasteiger partial charge in [0.15, 0.2) is 6.10 Å². The molecule has 3 heterocycles. The van der Waals surface area contributed by atoms with E-state index in [1.54, 1.807) is 4.90 Å². The number of rotatable bonds is 2. The highest BCUT2D eigenvalue weighted by atomic mass is 16.6. The third kappa shape index (κ3) is 2.25. The molecule has 0 aliphatic carbocycles. The van der Waals surface area contributed by atoms with Gasteiger partial charge in [-0.3, -0.25) is 14.5 Å². The lowest BCUT2D eigenvalue weighted by atomic mass is 9.77. The van der Waals surface area contributed by atoms with E-state index >= 15 is 0 Å². The van der Waals surface area contributed by atoms with Crippen molar-refractivity contribution in [1.82, 2.24) is 9.80 Å². The van der Waals surface area contributed by atoms with Gasteiger partial charge in [0.25, 0.3) is 5.91 Å². The van der Waals surface area contributed by atoms with Crippen molar-refractivity contribution in [2.75, 3.05) is 20.2 Å². The van der Waals surface area contributed by atoms with E-state index < -0.39 is 29.8 Å². The zero-order valence-corrected chi connectivity index (χ0v) is 13.7. The summed E-state index contributed by atoms with van der Waals surface area (Å²) in [5.74, 6) is -1.08. The summed E-state index contributed by atoms with van der Waals surface area (Å²) < 4.78 is 11.2. The Morgan fingerprint density at radius 3 is 2.83 bits per heavy atom. The second-order valence-corrected chi connectivity index (χ2v) is 6.88. The number of fused-ring (bicyclic) bond motifs is 3. The molecular formula is C16H22N2O5. The number of amides is 3. The van der Waals surface area contributed by atoms with Gasteiger partial charge in [0, 0.05) is 13.6 Å². The van der Waals surface area contributed by atoms with Crippen molar-refractivity contribution >= 4 is 17.9 Å². The van der Waals surface area contributed by atoms with E-state index in [0.717, 1.165) is 4.90 Å². The smallest absolute Gasteiger partial charge is 0.410 e. The first kappa shape index (κ1) is 16.0. The number of likely N-dealkylation sites (N-methyl/N-ethyl adjacent to an activating group) is 1. The molecular weight excluding hydrogens is 300 g/mol. The van der Waals surface area contributed by atoms with Crippen LogP contribution in [0.2, 0.25) is 0 Å². The van der Waals surface area contributed by atoms with Crippen molar-refractivity contribution in [2.45, 2.75) is 38.0 Å². The van der Waals surface area contributed by atoms with E-state index in [0.29, 0.717) is 13.0 Å². The second-order valence-electron chi connectivity index (χ2n) is 6.88. The molecule has 0 aromatic heterocycles. The fourth-order valence-corrected chi connectivity index (χ4v) is 4.27. The third-order valence-electron chi connectivity index (χ3n) is 5.03. The largest absolute Gasteiger partial charge is 0.445 e. The predicted octanol–water partition coefficient (Wildman–Crippen LogP) is 0.792. The van der Waals surface area contributed by atoms with Gasteiger partial charge < -0.3 is 14.4 Å². The van der Waals surface area contributed by atoms with Gasteiger partial charge in [0.2, 0.25) is 5.91 Å². The molecule has 3 fully saturated rings. The Morgan fingerprint density at radius 2 is 2.17 bits per heavy atom. The molecule has 0 radical (unpaired) electrons. The lowest BCUT2D eigenvalue weighted by Gasteiger charge is -2.46. The minimum Gasteiger partial charge on any atom is -0.445 e. The van der Waals surface area contributed by atoms with Crippen molar-refractivity contribution < 1.29 is 23.9 Å². The van der Waals surface area contributed by atoms with Crippen LogP contribution in [0, 0.1) is 11.8 Å². The van der Waals surface area contributed by atoms with Gasteiger partial charge in [0.05, 0.1) is 17.6 Å². The maximum Gasteiger partial charge on any atom is 0.410 e. The molecule has 7 heteroatoms. The molecule has 3 aliphatic heterocycles. The summed E-state index contributed by atoms with van der Waals surface area (Å²) in [4.78, 5) is 39.8. The second kappa shape index (κ2) is 5.33. The topological polar surface area (TPSA) is 76.2 Å². The molecule has 3 amide bonds. The molecule has 0 saturated carbocycles. The summed E-state index contributed by atoms with van der Waals surface area (Å²) in [6, 6.07) is -0.484. The van der Waals surface area contributed by atoms with Crippen LogP contribution in [0.4, 0.5) is 4.79 Å². The third-order valence-corrected chi connectivity index (χ3v) is 5.03. The van der Waals surface area contributed by atoms with Crippen molar-refractivity contribution in [3.8, 4) is 0 Å². The van der Waals surface area contributed by atoms with Crippen LogP contribution in [0.1, 0.15) is 20.3 Å². The van der Waals surface area contributed by atoms with Crippen molar-refractivity contribution in [1.29, 1.82) is 0 Å². The Balaban J connectivity index is 1.95. The van der Waals surface area contributed by atoms with Crippen molar-refractivity contribution in [2.24, 2.45) is 11.8 Å². The maximum absolute atomic E-state index is 12.5. The number of nitrogens with zero attached hydrogens (tertiary/aromatic N) is 2. The molecule has 0 aromatic carbocycles. The van der Waals surface area contributed by atoms with E-state index in [-0.39, 0.29) is 24.3 Å². The van der Waals surface area contributed by atoms with E-state index in [1.807, 2.05) is 13.8 Å². The molecule has 23 heavy (non-hydrogen) atoms. The summed E-state index contributed by atoms with van der Waals surface area (Å²) >= 11 is 0.